The van der Waals surface area contributed by atoms with Gasteiger partial charge in [0.05, 0.1) is 0 Å². The molecule has 104 valence electrons. The van der Waals surface area contributed by atoms with E-state index in [1.807, 2.05) is 6.08 Å². The van der Waals surface area contributed by atoms with E-state index in [1.54, 1.807) is 0 Å². The van der Waals surface area contributed by atoms with Crippen LogP contribution in [0.3, 0.4) is 0 Å². The van der Waals surface area contributed by atoms with Crippen LogP contribution in [0.5, 0.6) is 0 Å². The second kappa shape index (κ2) is 10.2. The van der Waals surface area contributed by atoms with Crippen LogP contribution in [0.25, 0.3) is 0 Å². The van der Waals surface area contributed by atoms with Gasteiger partial charge >= 0.3 is 0 Å². The van der Waals surface area contributed by atoms with Crippen LogP contribution in [-0.4, -0.2) is 0 Å². The van der Waals surface area contributed by atoms with Crippen LogP contribution in [0.1, 0.15) is 84.0 Å². The molecule has 1 nitrogen and oxygen atoms in total. The van der Waals surface area contributed by atoms with Gasteiger partial charge in [0.15, 0.2) is 5.76 Å². The number of hydrogen-bond acceptors (Lipinski definition) is 1. The summed E-state index contributed by atoms with van der Waals surface area (Å²) in [6.45, 7) is 5.97. The minimum atomic E-state index is 1.03. The van der Waals surface area contributed by atoms with Gasteiger partial charge in [-0.25, -0.2) is 0 Å². The summed E-state index contributed by atoms with van der Waals surface area (Å²) < 4.78 is 5.27. The number of hydrogen-bond donors (Lipinski definition) is 0. The highest BCUT2D eigenvalue weighted by Gasteiger charge is 2.19. The zero-order valence-corrected chi connectivity index (χ0v) is 12.2. The molecule has 0 unspecified atom stereocenters. The lowest BCUT2D eigenvalue weighted by molar-refractivity contribution is 0.454. The van der Waals surface area contributed by atoms with Gasteiger partial charge in [0.1, 0.15) is 5.76 Å². The second-order valence-electron chi connectivity index (χ2n) is 5.38. The van der Waals surface area contributed by atoms with E-state index in [9.17, 15) is 0 Å². The zero-order chi connectivity index (χ0) is 13.1. The Bertz CT molecular complexity index is 252. The summed E-state index contributed by atoms with van der Waals surface area (Å²) in [7, 11) is 0. The smallest absolute Gasteiger partial charge is 0.164 e. The lowest BCUT2D eigenvalue weighted by atomic mass is 10.1. The average molecular weight is 250 g/mol. The van der Waals surface area contributed by atoms with E-state index in [0.717, 1.165) is 12.2 Å². The summed E-state index contributed by atoms with van der Waals surface area (Å²) in [5.41, 5.74) is 0. The number of unbranched alkanes of at least 4 members (excludes halogenated alkanes) is 10. The summed E-state index contributed by atoms with van der Waals surface area (Å²) in [6, 6.07) is 0. The molecule has 0 bridgehead atoms. The first kappa shape index (κ1) is 15.3. The third-order valence-electron chi connectivity index (χ3n) is 3.66. The quantitative estimate of drug-likeness (QED) is 0.359. The molecule has 1 heteroatoms. The summed E-state index contributed by atoms with van der Waals surface area (Å²) in [5, 5.41) is 0. The molecule has 18 heavy (non-hydrogen) atoms. The highest BCUT2D eigenvalue weighted by atomic mass is 16.6. The molecule has 0 aromatic heterocycles. The molecule has 0 aromatic rings. The Balaban J connectivity index is 1.71. The van der Waals surface area contributed by atoms with Gasteiger partial charge in [-0.2, -0.15) is 0 Å². The maximum absolute atomic E-state index is 5.27. The fraction of sp³-hybridized carbons (Fsp3) is 0.765. The molecule has 0 aromatic carbocycles. The van der Waals surface area contributed by atoms with Gasteiger partial charge in [0.2, 0.25) is 0 Å². The van der Waals surface area contributed by atoms with E-state index < -0.39 is 0 Å². The summed E-state index contributed by atoms with van der Waals surface area (Å²) >= 11 is 0. The Labute approximate surface area is 113 Å². The second-order valence-corrected chi connectivity index (χ2v) is 5.38. The van der Waals surface area contributed by atoms with Crippen LogP contribution in [0.15, 0.2) is 24.2 Å². The molecule has 1 rings (SSSR count). The van der Waals surface area contributed by atoms with E-state index in [0.29, 0.717) is 0 Å². The van der Waals surface area contributed by atoms with Crippen LogP contribution < -0.4 is 0 Å². The van der Waals surface area contributed by atoms with Crippen molar-refractivity contribution >= 4 is 0 Å². The molecule has 0 fully saturated rings. The molecule has 0 aliphatic carbocycles. The lowest BCUT2D eigenvalue weighted by Gasteiger charge is -2.01. The lowest BCUT2D eigenvalue weighted by Crippen LogP contribution is -1.82. The maximum Gasteiger partial charge on any atom is 0.164 e. The third kappa shape index (κ3) is 7.58. The van der Waals surface area contributed by atoms with E-state index in [-0.39, 0.29) is 0 Å². The van der Waals surface area contributed by atoms with Crippen molar-refractivity contribution in [1.29, 1.82) is 0 Å². The highest BCUT2D eigenvalue weighted by Crippen LogP contribution is 2.31. The Morgan fingerprint density at radius 1 is 0.833 bits per heavy atom. The van der Waals surface area contributed by atoms with Crippen molar-refractivity contribution in [2.24, 2.45) is 0 Å². The fourth-order valence-corrected chi connectivity index (χ4v) is 2.39. The average Bonchev–Trinajstić information content (AvgIpc) is 3.14. The van der Waals surface area contributed by atoms with Crippen LogP contribution >= 0.6 is 0 Å². The Morgan fingerprint density at radius 2 is 1.33 bits per heavy atom. The van der Waals surface area contributed by atoms with Gasteiger partial charge in [0.25, 0.3) is 0 Å². The van der Waals surface area contributed by atoms with Crippen molar-refractivity contribution < 1.29 is 4.74 Å². The molecule has 0 amide bonds. The van der Waals surface area contributed by atoms with Gasteiger partial charge in [0, 0.05) is 6.42 Å². The Hall–Kier alpha value is -0.720. The molecule has 0 N–H and O–H groups in total. The highest BCUT2D eigenvalue weighted by molar-refractivity contribution is 5.27. The van der Waals surface area contributed by atoms with Crippen molar-refractivity contribution in [3.05, 3.63) is 24.2 Å². The van der Waals surface area contributed by atoms with Gasteiger partial charge < -0.3 is 4.74 Å². The molecular formula is C17H30O. The fourth-order valence-electron chi connectivity index (χ4n) is 2.39. The molecule has 0 saturated carbocycles. The largest absolute Gasteiger partial charge is 0.454 e. The SMILES string of the molecule is C=CC1=C(CCCCCCCCCCCCC)O1. The number of allylic oxidation sites excluding steroid dienone is 2. The summed E-state index contributed by atoms with van der Waals surface area (Å²) in [6.07, 6.45) is 18.4. The molecule has 1 aliphatic heterocycles. The molecule has 0 spiro atoms. The minimum absolute atomic E-state index is 1.03. The third-order valence-corrected chi connectivity index (χ3v) is 3.66. The first-order chi connectivity index (χ1) is 8.88. The van der Waals surface area contributed by atoms with Crippen LogP contribution in [-0.2, 0) is 4.74 Å². The van der Waals surface area contributed by atoms with E-state index in [2.05, 4.69) is 13.5 Å². The maximum atomic E-state index is 5.27. The van der Waals surface area contributed by atoms with Crippen molar-refractivity contribution in [2.75, 3.05) is 0 Å². The minimum Gasteiger partial charge on any atom is -0.454 e. The van der Waals surface area contributed by atoms with Gasteiger partial charge in [-0.1, -0.05) is 77.7 Å². The van der Waals surface area contributed by atoms with Crippen LogP contribution in [0.2, 0.25) is 0 Å². The molecule has 1 aliphatic rings. The number of rotatable bonds is 13. The van der Waals surface area contributed by atoms with Crippen molar-refractivity contribution in [2.45, 2.75) is 84.0 Å². The van der Waals surface area contributed by atoms with Crippen molar-refractivity contribution in [3.63, 3.8) is 0 Å². The van der Waals surface area contributed by atoms with Gasteiger partial charge in [-0.15, -0.1) is 0 Å². The topological polar surface area (TPSA) is 12.5 Å². The van der Waals surface area contributed by atoms with E-state index in [1.165, 1.54) is 76.4 Å². The standard InChI is InChI=1S/C17H30O/c1-3-5-6-7-8-9-10-11-12-13-14-15-17-16(4-2)18-17/h4H,2-3,5-15H2,1H3. The van der Waals surface area contributed by atoms with Crippen LogP contribution in [0, 0.1) is 0 Å². The first-order valence-electron chi connectivity index (χ1n) is 7.92. The first-order valence-corrected chi connectivity index (χ1v) is 7.92. The predicted octanol–water partition coefficient (Wildman–Crippen LogP) is 6.12. The number of ether oxygens (including phenoxy) is 1. The zero-order valence-electron chi connectivity index (χ0n) is 12.2. The normalized spacial score (nSPS) is 13.6. The summed E-state index contributed by atoms with van der Waals surface area (Å²) in [5.74, 6) is 2.21. The van der Waals surface area contributed by atoms with Gasteiger partial charge in [-0.3, -0.25) is 0 Å². The van der Waals surface area contributed by atoms with E-state index in [4.69, 9.17) is 4.74 Å². The molecule has 0 atom stereocenters. The molecule has 0 saturated heterocycles. The molecular weight excluding hydrogens is 220 g/mol. The monoisotopic (exact) mass is 250 g/mol. The molecule has 0 radical (unpaired) electrons. The Morgan fingerprint density at radius 3 is 1.78 bits per heavy atom. The predicted molar refractivity (Wildman–Crippen MR) is 79.4 cm³/mol. The molecule has 1 heterocycles. The van der Waals surface area contributed by atoms with Crippen LogP contribution in [0.4, 0.5) is 0 Å². The summed E-state index contributed by atoms with van der Waals surface area (Å²) in [4.78, 5) is 0. The van der Waals surface area contributed by atoms with Crippen molar-refractivity contribution in [3.8, 4) is 0 Å². The van der Waals surface area contributed by atoms with E-state index >= 15 is 0 Å². The Kier molecular flexibility index (Phi) is 8.71. The van der Waals surface area contributed by atoms with Crippen molar-refractivity contribution in [1.82, 2.24) is 0 Å². The van der Waals surface area contributed by atoms with Gasteiger partial charge in [-0.05, 0) is 12.5 Å².